The maximum Gasteiger partial charge on any atom is 0.310 e. The van der Waals surface area contributed by atoms with Gasteiger partial charge in [-0.2, -0.15) is 0 Å². The topological polar surface area (TPSA) is 63.6 Å². The molecule has 0 saturated heterocycles. The Hall–Kier alpha value is -2.69. The highest BCUT2D eigenvalue weighted by atomic mass is 19.1. The third-order valence-corrected chi connectivity index (χ3v) is 4.03. The van der Waals surface area contributed by atoms with E-state index in [1.54, 1.807) is 19.1 Å². The Morgan fingerprint density at radius 3 is 2.57 bits per heavy atom. The minimum Gasteiger partial charge on any atom is -0.492 e. The molecule has 0 aliphatic carbocycles. The normalized spacial score (nSPS) is 14.0. The van der Waals surface area contributed by atoms with Crippen molar-refractivity contribution in [3.05, 3.63) is 64.5 Å². The Kier molecular flexibility index (Phi) is 3.86. The lowest BCUT2D eigenvalue weighted by atomic mass is 9.92. The molecule has 1 aliphatic heterocycles. The molecule has 118 valence electrons. The molecule has 0 aromatic heterocycles. The number of rotatable bonds is 4. The second-order valence-electron chi connectivity index (χ2n) is 5.55. The van der Waals surface area contributed by atoms with Gasteiger partial charge in [-0.05, 0) is 48.4 Å². The number of aliphatic carboxylic acids is 1. The molecule has 0 saturated carbocycles. The van der Waals surface area contributed by atoms with Crippen LogP contribution in [-0.4, -0.2) is 23.5 Å². The monoisotopic (exact) mass is 314 g/mol. The number of fused-ring (bicyclic) bond motifs is 1. The zero-order valence-corrected chi connectivity index (χ0v) is 12.5. The third-order valence-electron chi connectivity index (χ3n) is 4.03. The summed E-state index contributed by atoms with van der Waals surface area (Å²) in [4.78, 5) is 23.9. The van der Waals surface area contributed by atoms with E-state index in [0.29, 0.717) is 35.5 Å². The zero-order valence-electron chi connectivity index (χ0n) is 12.5. The molecule has 0 bridgehead atoms. The molecule has 0 amide bonds. The molecule has 1 N–H and O–H groups in total. The largest absolute Gasteiger partial charge is 0.492 e. The van der Waals surface area contributed by atoms with Gasteiger partial charge in [0.25, 0.3) is 0 Å². The summed E-state index contributed by atoms with van der Waals surface area (Å²) < 4.78 is 18.6. The van der Waals surface area contributed by atoms with E-state index in [9.17, 15) is 19.1 Å². The van der Waals surface area contributed by atoms with Crippen molar-refractivity contribution in [3.63, 3.8) is 0 Å². The zero-order chi connectivity index (χ0) is 16.6. The van der Waals surface area contributed by atoms with Gasteiger partial charge in [-0.25, -0.2) is 4.39 Å². The highest BCUT2D eigenvalue weighted by Gasteiger charge is 2.26. The molecule has 5 heteroatoms. The molecule has 23 heavy (non-hydrogen) atoms. The van der Waals surface area contributed by atoms with Gasteiger partial charge < -0.3 is 9.84 Å². The summed E-state index contributed by atoms with van der Waals surface area (Å²) in [6.45, 7) is 2.04. The van der Waals surface area contributed by atoms with Crippen LogP contribution in [0.25, 0.3) is 0 Å². The van der Waals surface area contributed by atoms with E-state index in [4.69, 9.17) is 4.74 Å². The fourth-order valence-electron chi connectivity index (χ4n) is 2.65. The molecule has 2 aromatic rings. The second-order valence-corrected chi connectivity index (χ2v) is 5.55. The number of carbonyl (C=O) groups excluding carboxylic acids is 1. The molecule has 1 unspecified atom stereocenters. The summed E-state index contributed by atoms with van der Waals surface area (Å²) >= 11 is 0. The predicted molar refractivity (Wildman–Crippen MR) is 81.5 cm³/mol. The van der Waals surface area contributed by atoms with Crippen LogP contribution in [0.1, 0.15) is 39.9 Å². The Morgan fingerprint density at radius 1 is 1.22 bits per heavy atom. The van der Waals surface area contributed by atoms with Crippen LogP contribution >= 0.6 is 0 Å². The highest BCUT2D eigenvalue weighted by Crippen LogP contribution is 2.34. The lowest BCUT2D eigenvalue weighted by Crippen LogP contribution is -2.10. The number of carboxylic acids is 1. The van der Waals surface area contributed by atoms with Crippen molar-refractivity contribution in [1.29, 1.82) is 0 Å². The van der Waals surface area contributed by atoms with Gasteiger partial charge in [0.15, 0.2) is 5.78 Å². The van der Waals surface area contributed by atoms with Gasteiger partial charge >= 0.3 is 5.97 Å². The van der Waals surface area contributed by atoms with Gasteiger partial charge in [0.05, 0.1) is 18.1 Å². The Balaban J connectivity index is 2.09. The van der Waals surface area contributed by atoms with E-state index in [1.807, 2.05) is 0 Å². The maximum atomic E-state index is 13.0. The first-order valence-electron chi connectivity index (χ1n) is 7.30. The number of hydrogen-bond donors (Lipinski definition) is 1. The molecule has 3 rings (SSSR count). The number of hydrogen-bond acceptors (Lipinski definition) is 3. The van der Waals surface area contributed by atoms with Crippen LogP contribution in [-0.2, 0) is 11.2 Å². The Labute approximate surface area is 132 Å². The van der Waals surface area contributed by atoms with Gasteiger partial charge in [-0.15, -0.1) is 0 Å². The molecule has 1 aliphatic rings. The van der Waals surface area contributed by atoms with E-state index in [2.05, 4.69) is 0 Å². The quantitative estimate of drug-likeness (QED) is 0.880. The first-order chi connectivity index (χ1) is 11.0. The standard InChI is InChI=1S/C18H15FO4/c1-10(18(21)22)13-8-12-6-7-23-17(12)15(9-13)16(20)11-2-4-14(19)5-3-11/h2-5,8-10H,6-7H2,1H3,(H,21,22). The summed E-state index contributed by atoms with van der Waals surface area (Å²) in [6.07, 6.45) is 0.638. The number of halogens is 1. The van der Waals surface area contributed by atoms with Gasteiger partial charge in [0.1, 0.15) is 11.6 Å². The number of carbonyl (C=O) groups is 2. The molecule has 4 nitrogen and oxygen atoms in total. The number of ether oxygens (including phenoxy) is 1. The average molecular weight is 314 g/mol. The second kappa shape index (κ2) is 5.83. The van der Waals surface area contributed by atoms with E-state index in [1.165, 1.54) is 24.3 Å². The average Bonchev–Trinajstić information content (AvgIpc) is 3.01. The Bertz CT molecular complexity index is 780. The molecular weight excluding hydrogens is 299 g/mol. The fourth-order valence-corrected chi connectivity index (χ4v) is 2.65. The van der Waals surface area contributed by atoms with Crippen LogP contribution in [0.15, 0.2) is 36.4 Å². The smallest absolute Gasteiger partial charge is 0.310 e. The van der Waals surface area contributed by atoms with Crippen molar-refractivity contribution in [2.24, 2.45) is 0 Å². The molecule has 0 radical (unpaired) electrons. The van der Waals surface area contributed by atoms with Crippen LogP contribution in [0.3, 0.4) is 0 Å². The van der Waals surface area contributed by atoms with Crippen LogP contribution in [0.2, 0.25) is 0 Å². The van der Waals surface area contributed by atoms with Crippen LogP contribution in [0, 0.1) is 5.82 Å². The Morgan fingerprint density at radius 2 is 1.91 bits per heavy atom. The van der Waals surface area contributed by atoms with Crippen molar-refractivity contribution in [2.45, 2.75) is 19.3 Å². The van der Waals surface area contributed by atoms with Gasteiger partial charge in [0.2, 0.25) is 0 Å². The minimum atomic E-state index is -0.955. The number of ketones is 1. The first-order valence-corrected chi connectivity index (χ1v) is 7.30. The summed E-state index contributed by atoms with van der Waals surface area (Å²) in [5.41, 5.74) is 2.06. The van der Waals surface area contributed by atoms with Gasteiger partial charge in [-0.1, -0.05) is 6.07 Å². The van der Waals surface area contributed by atoms with Crippen LogP contribution in [0.4, 0.5) is 4.39 Å². The molecule has 2 aromatic carbocycles. The molecule has 0 fully saturated rings. The van der Waals surface area contributed by atoms with E-state index < -0.39 is 17.7 Å². The van der Waals surface area contributed by atoms with Crippen molar-refractivity contribution in [2.75, 3.05) is 6.61 Å². The SMILES string of the molecule is CC(C(=O)O)c1cc2c(c(C(=O)c3ccc(F)cc3)c1)OCC2. The lowest BCUT2D eigenvalue weighted by Gasteiger charge is -2.13. The van der Waals surface area contributed by atoms with Gasteiger partial charge in [0, 0.05) is 12.0 Å². The summed E-state index contributed by atoms with van der Waals surface area (Å²) in [6, 6.07) is 8.60. The van der Waals surface area contributed by atoms with E-state index in [-0.39, 0.29) is 5.78 Å². The first kappa shape index (κ1) is 15.2. The minimum absolute atomic E-state index is 0.303. The van der Waals surface area contributed by atoms with Crippen molar-refractivity contribution in [3.8, 4) is 5.75 Å². The highest BCUT2D eigenvalue weighted by molar-refractivity contribution is 6.11. The predicted octanol–water partition coefficient (Wildman–Crippen LogP) is 3.18. The molecular formula is C18H15FO4. The molecule has 0 spiro atoms. The van der Waals surface area contributed by atoms with E-state index >= 15 is 0 Å². The number of benzene rings is 2. The van der Waals surface area contributed by atoms with Crippen molar-refractivity contribution < 1.29 is 23.8 Å². The molecule has 1 atom stereocenters. The third kappa shape index (κ3) is 2.82. The van der Waals surface area contributed by atoms with Crippen molar-refractivity contribution >= 4 is 11.8 Å². The fraction of sp³-hybridized carbons (Fsp3) is 0.222. The summed E-state index contributed by atoms with van der Waals surface area (Å²) in [5, 5.41) is 9.20. The lowest BCUT2D eigenvalue weighted by molar-refractivity contribution is -0.138. The van der Waals surface area contributed by atoms with E-state index in [0.717, 1.165) is 5.56 Å². The summed E-state index contributed by atoms with van der Waals surface area (Å²) in [5.74, 6) is -1.90. The van der Waals surface area contributed by atoms with Crippen LogP contribution < -0.4 is 4.74 Å². The van der Waals surface area contributed by atoms with Gasteiger partial charge in [-0.3, -0.25) is 9.59 Å². The summed E-state index contributed by atoms with van der Waals surface area (Å²) in [7, 11) is 0. The molecule has 1 heterocycles. The van der Waals surface area contributed by atoms with Crippen LogP contribution in [0.5, 0.6) is 5.75 Å². The maximum absolute atomic E-state index is 13.0. The number of carboxylic acid groups (broad SMARTS) is 1. The van der Waals surface area contributed by atoms with Crippen molar-refractivity contribution in [1.82, 2.24) is 0 Å².